The van der Waals surface area contributed by atoms with Crippen molar-refractivity contribution in [2.75, 3.05) is 0 Å². The number of rotatable bonds is 6. The fraction of sp³-hybridized carbons (Fsp3) is 0.333. The molecular formula is C15H17ClN2O. The van der Waals surface area contributed by atoms with E-state index in [9.17, 15) is 4.79 Å². The molecule has 0 N–H and O–H groups in total. The highest BCUT2D eigenvalue weighted by Gasteiger charge is 2.16. The molecule has 0 aliphatic rings. The number of hydrogen-bond acceptors (Lipinski definition) is 2. The first kappa shape index (κ1) is 13.8. The number of benzene rings is 1. The summed E-state index contributed by atoms with van der Waals surface area (Å²) in [6.45, 7) is 2.61. The van der Waals surface area contributed by atoms with Crippen molar-refractivity contribution in [2.45, 2.75) is 32.7 Å². The maximum Gasteiger partial charge on any atom is 0.182 e. The van der Waals surface area contributed by atoms with E-state index in [-0.39, 0.29) is 5.78 Å². The van der Waals surface area contributed by atoms with E-state index >= 15 is 0 Å². The Kier molecular flexibility index (Phi) is 4.74. The topological polar surface area (TPSA) is 34.9 Å². The number of aromatic nitrogens is 2. The van der Waals surface area contributed by atoms with Crippen molar-refractivity contribution in [2.24, 2.45) is 0 Å². The molecule has 19 heavy (non-hydrogen) atoms. The van der Waals surface area contributed by atoms with Crippen molar-refractivity contribution < 1.29 is 4.79 Å². The Bertz CT molecular complexity index is 549. The van der Waals surface area contributed by atoms with Gasteiger partial charge in [-0.2, -0.15) is 5.10 Å². The van der Waals surface area contributed by atoms with Crippen LogP contribution in [0.2, 0.25) is 5.02 Å². The van der Waals surface area contributed by atoms with Crippen LogP contribution < -0.4 is 0 Å². The Morgan fingerprint density at radius 1 is 1.32 bits per heavy atom. The lowest BCUT2D eigenvalue weighted by Crippen LogP contribution is -2.10. The molecule has 1 heterocycles. The second kappa shape index (κ2) is 6.53. The van der Waals surface area contributed by atoms with E-state index < -0.39 is 0 Å². The van der Waals surface area contributed by atoms with Crippen molar-refractivity contribution in [3.8, 4) is 0 Å². The normalized spacial score (nSPS) is 10.6. The zero-order valence-corrected chi connectivity index (χ0v) is 11.7. The average Bonchev–Trinajstić information content (AvgIpc) is 2.81. The molecule has 2 rings (SSSR count). The van der Waals surface area contributed by atoms with Crippen LogP contribution in [0.15, 0.2) is 36.5 Å². The zero-order valence-electron chi connectivity index (χ0n) is 11.0. The predicted octanol–water partition coefficient (Wildman–Crippen LogP) is 3.76. The quantitative estimate of drug-likeness (QED) is 0.753. The summed E-state index contributed by atoms with van der Waals surface area (Å²) in [4.78, 5) is 12.2. The molecule has 2 aromatic rings. The fourth-order valence-corrected chi connectivity index (χ4v) is 2.34. The Morgan fingerprint density at radius 2 is 2.05 bits per heavy atom. The minimum atomic E-state index is 0.0697. The molecule has 0 radical (unpaired) electrons. The minimum absolute atomic E-state index is 0.0697. The smallest absolute Gasteiger partial charge is 0.182 e. The number of carbonyl (C=O) groups excluding carboxylic acids is 1. The average molecular weight is 277 g/mol. The molecule has 100 valence electrons. The monoisotopic (exact) mass is 276 g/mol. The van der Waals surface area contributed by atoms with Crippen LogP contribution in [0.4, 0.5) is 0 Å². The number of ketones is 1. The molecule has 0 aliphatic carbocycles. The van der Waals surface area contributed by atoms with Crippen molar-refractivity contribution in [1.82, 2.24) is 9.78 Å². The molecular weight excluding hydrogens is 260 g/mol. The van der Waals surface area contributed by atoms with Gasteiger partial charge >= 0.3 is 0 Å². The highest BCUT2D eigenvalue weighted by molar-refractivity contribution is 6.33. The lowest BCUT2D eigenvalue weighted by atomic mass is 10.1. The zero-order chi connectivity index (χ0) is 13.7. The van der Waals surface area contributed by atoms with Gasteiger partial charge in [0.05, 0.1) is 11.2 Å². The summed E-state index contributed by atoms with van der Waals surface area (Å²) < 4.78 is 1.66. The summed E-state index contributed by atoms with van der Waals surface area (Å²) in [6, 6.07) is 10.2. The van der Waals surface area contributed by atoms with Crippen molar-refractivity contribution in [3.63, 3.8) is 0 Å². The number of nitrogens with zero attached hydrogens (tertiary/aromatic N) is 2. The van der Waals surface area contributed by atoms with Crippen molar-refractivity contribution in [3.05, 3.63) is 52.8 Å². The Morgan fingerprint density at radius 3 is 2.74 bits per heavy atom. The van der Waals surface area contributed by atoms with E-state index in [2.05, 4.69) is 17.2 Å². The molecule has 0 amide bonds. The molecule has 1 aromatic heterocycles. The summed E-state index contributed by atoms with van der Waals surface area (Å²) in [5.74, 6) is 0.0697. The molecule has 0 spiro atoms. The van der Waals surface area contributed by atoms with Crippen LogP contribution in [0.1, 0.15) is 35.8 Å². The largest absolute Gasteiger partial charge is 0.292 e. The van der Waals surface area contributed by atoms with Crippen LogP contribution in [-0.4, -0.2) is 15.6 Å². The Labute approximate surface area is 118 Å². The number of carbonyl (C=O) groups is 1. The maximum absolute atomic E-state index is 12.2. The molecule has 4 heteroatoms. The van der Waals surface area contributed by atoms with Gasteiger partial charge in [-0.25, -0.2) is 0 Å². The van der Waals surface area contributed by atoms with Crippen LogP contribution in [0.3, 0.4) is 0 Å². The minimum Gasteiger partial charge on any atom is -0.292 e. The standard InChI is InChI=1S/C15H17ClN2O/c1-2-18-15(13(16)11-17-18)14(19)10-6-9-12-7-4-3-5-8-12/h3-5,7-8,11H,2,6,9-10H2,1H3. The molecule has 1 aromatic carbocycles. The fourth-order valence-electron chi connectivity index (χ4n) is 2.10. The van der Waals surface area contributed by atoms with E-state index in [0.29, 0.717) is 23.7 Å². The van der Waals surface area contributed by atoms with Crippen LogP contribution in [0.25, 0.3) is 0 Å². The first-order chi connectivity index (χ1) is 9.22. The first-order valence-corrected chi connectivity index (χ1v) is 6.88. The maximum atomic E-state index is 12.2. The highest BCUT2D eigenvalue weighted by atomic mass is 35.5. The van der Waals surface area contributed by atoms with Gasteiger partial charge in [0, 0.05) is 13.0 Å². The first-order valence-electron chi connectivity index (χ1n) is 6.50. The summed E-state index contributed by atoms with van der Waals surface area (Å²) in [7, 11) is 0. The van der Waals surface area contributed by atoms with Gasteiger partial charge in [-0.15, -0.1) is 0 Å². The lowest BCUT2D eigenvalue weighted by molar-refractivity contribution is 0.0970. The van der Waals surface area contributed by atoms with Gasteiger partial charge < -0.3 is 0 Å². The molecule has 0 saturated heterocycles. The number of aryl methyl sites for hydroxylation is 2. The SMILES string of the molecule is CCn1ncc(Cl)c1C(=O)CCCc1ccccc1. The van der Waals surface area contributed by atoms with Crippen LogP contribution >= 0.6 is 11.6 Å². The second-order valence-corrected chi connectivity index (χ2v) is 4.83. The third kappa shape index (κ3) is 3.44. The van der Waals surface area contributed by atoms with E-state index in [1.165, 1.54) is 11.8 Å². The van der Waals surface area contributed by atoms with Gasteiger partial charge in [-0.05, 0) is 25.3 Å². The summed E-state index contributed by atoms with van der Waals surface area (Å²) in [5.41, 5.74) is 1.79. The van der Waals surface area contributed by atoms with Crippen LogP contribution in [0, 0.1) is 0 Å². The van der Waals surface area contributed by atoms with Gasteiger partial charge in [-0.1, -0.05) is 41.9 Å². The number of halogens is 1. The summed E-state index contributed by atoms with van der Waals surface area (Å²) >= 11 is 6.01. The van der Waals surface area contributed by atoms with E-state index in [1.54, 1.807) is 4.68 Å². The lowest BCUT2D eigenvalue weighted by Gasteiger charge is -2.05. The summed E-state index contributed by atoms with van der Waals surface area (Å²) in [6.07, 6.45) is 3.77. The van der Waals surface area contributed by atoms with E-state index in [1.807, 2.05) is 25.1 Å². The Balaban J connectivity index is 1.93. The van der Waals surface area contributed by atoms with Crippen molar-refractivity contribution >= 4 is 17.4 Å². The Hall–Kier alpha value is -1.61. The number of hydrogen-bond donors (Lipinski definition) is 0. The second-order valence-electron chi connectivity index (χ2n) is 4.42. The molecule has 3 nitrogen and oxygen atoms in total. The van der Waals surface area contributed by atoms with Crippen LogP contribution in [-0.2, 0) is 13.0 Å². The van der Waals surface area contributed by atoms with E-state index in [0.717, 1.165) is 12.8 Å². The third-order valence-corrected chi connectivity index (χ3v) is 3.35. The van der Waals surface area contributed by atoms with Crippen molar-refractivity contribution in [1.29, 1.82) is 0 Å². The van der Waals surface area contributed by atoms with Gasteiger partial charge in [0.2, 0.25) is 0 Å². The summed E-state index contributed by atoms with van der Waals surface area (Å²) in [5, 5.41) is 4.54. The van der Waals surface area contributed by atoms with E-state index in [4.69, 9.17) is 11.6 Å². The number of Topliss-reactive ketones (excluding diaryl/α,β-unsaturated/α-hetero) is 1. The third-order valence-electron chi connectivity index (χ3n) is 3.07. The molecule has 0 aliphatic heterocycles. The molecule has 0 fully saturated rings. The van der Waals surface area contributed by atoms with Gasteiger partial charge in [0.25, 0.3) is 0 Å². The molecule has 0 bridgehead atoms. The molecule has 0 atom stereocenters. The van der Waals surface area contributed by atoms with Gasteiger partial charge in [0.15, 0.2) is 5.78 Å². The predicted molar refractivity (Wildman–Crippen MR) is 76.6 cm³/mol. The van der Waals surface area contributed by atoms with Crippen LogP contribution in [0.5, 0.6) is 0 Å². The van der Waals surface area contributed by atoms with Gasteiger partial charge in [-0.3, -0.25) is 9.48 Å². The molecule has 0 unspecified atom stereocenters. The molecule has 0 saturated carbocycles. The highest BCUT2D eigenvalue weighted by Crippen LogP contribution is 2.18. The van der Waals surface area contributed by atoms with Gasteiger partial charge in [0.1, 0.15) is 5.69 Å².